The van der Waals surface area contributed by atoms with Crippen molar-refractivity contribution in [3.63, 3.8) is 0 Å². The Morgan fingerprint density at radius 3 is 2.83 bits per heavy atom. The zero-order chi connectivity index (χ0) is 13.6. The molecule has 0 aliphatic carbocycles. The van der Waals surface area contributed by atoms with Crippen molar-refractivity contribution >= 4 is 5.70 Å². The standard InChI is InChI=1S/C13H19N3O2/c1-5-17-11(2)18-13(3,4)12(6-7-14)16-9-8-15-10-16/h6,8-11H,5H2,1-4H3/b12-6-. The van der Waals surface area contributed by atoms with Gasteiger partial charge in [-0.05, 0) is 27.7 Å². The number of aromatic nitrogens is 2. The molecule has 0 radical (unpaired) electrons. The minimum atomic E-state index is -0.648. The molecule has 0 saturated heterocycles. The zero-order valence-corrected chi connectivity index (χ0v) is 11.3. The molecule has 98 valence electrons. The van der Waals surface area contributed by atoms with Crippen molar-refractivity contribution < 1.29 is 9.47 Å². The first-order valence-electron chi connectivity index (χ1n) is 5.89. The number of ether oxygens (including phenoxy) is 2. The van der Waals surface area contributed by atoms with Crippen LogP contribution in [-0.4, -0.2) is 28.0 Å². The Hall–Kier alpha value is -1.64. The smallest absolute Gasteiger partial charge is 0.156 e. The summed E-state index contributed by atoms with van der Waals surface area (Å²) in [6, 6.07) is 2.04. The Bertz CT molecular complexity index is 430. The second kappa shape index (κ2) is 6.34. The number of nitrogens with zero attached hydrogens (tertiary/aromatic N) is 3. The third-order valence-corrected chi connectivity index (χ3v) is 2.46. The van der Waals surface area contributed by atoms with Crippen LogP contribution in [0.25, 0.3) is 5.70 Å². The maximum absolute atomic E-state index is 8.89. The molecule has 0 fully saturated rings. The van der Waals surface area contributed by atoms with Gasteiger partial charge in [0.15, 0.2) is 6.29 Å². The lowest BCUT2D eigenvalue weighted by atomic mass is 10.0. The van der Waals surface area contributed by atoms with E-state index in [4.69, 9.17) is 14.7 Å². The lowest BCUT2D eigenvalue weighted by molar-refractivity contribution is -0.170. The molecular formula is C13H19N3O2. The number of rotatable bonds is 6. The summed E-state index contributed by atoms with van der Waals surface area (Å²) in [5.41, 5.74) is 0.0689. The van der Waals surface area contributed by atoms with Crippen LogP contribution in [0.1, 0.15) is 27.7 Å². The van der Waals surface area contributed by atoms with E-state index in [0.29, 0.717) is 12.3 Å². The van der Waals surface area contributed by atoms with Crippen LogP contribution in [0.4, 0.5) is 0 Å². The van der Waals surface area contributed by atoms with Crippen molar-refractivity contribution in [2.24, 2.45) is 0 Å². The highest BCUT2D eigenvalue weighted by Crippen LogP contribution is 2.26. The minimum absolute atomic E-state index is 0.337. The number of nitriles is 1. The summed E-state index contributed by atoms with van der Waals surface area (Å²) in [4.78, 5) is 3.98. The fraction of sp³-hybridized carbons (Fsp3) is 0.538. The molecule has 1 heterocycles. The average molecular weight is 249 g/mol. The minimum Gasteiger partial charge on any atom is -0.353 e. The van der Waals surface area contributed by atoms with Crippen molar-refractivity contribution in [2.75, 3.05) is 6.61 Å². The van der Waals surface area contributed by atoms with Crippen molar-refractivity contribution in [1.29, 1.82) is 5.26 Å². The third kappa shape index (κ3) is 3.69. The Kier molecular flexibility index (Phi) is 5.08. The third-order valence-electron chi connectivity index (χ3n) is 2.46. The highest BCUT2D eigenvalue weighted by molar-refractivity contribution is 5.56. The number of hydrogen-bond acceptors (Lipinski definition) is 4. The van der Waals surface area contributed by atoms with Crippen molar-refractivity contribution in [3.05, 3.63) is 24.8 Å². The normalized spacial score (nSPS) is 14.3. The monoisotopic (exact) mass is 249 g/mol. The molecule has 5 nitrogen and oxygen atoms in total. The molecule has 18 heavy (non-hydrogen) atoms. The van der Waals surface area contributed by atoms with Gasteiger partial charge in [0.1, 0.15) is 5.60 Å². The first kappa shape index (κ1) is 14.4. The average Bonchev–Trinajstić information content (AvgIpc) is 2.78. The molecule has 1 aromatic rings. The van der Waals surface area contributed by atoms with Crippen LogP contribution in [0.3, 0.4) is 0 Å². The molecule has 5 heteroatoms. The van der Waals surface area contributed by atoms with Crippen molar-refractivity contribution in [1.82, 2.24) is 9.55 Å². The van der Waals surface area contributed by atoms with Crippen LogP contribution in [-0.2, 0) is 9.47 Å². The van der Waals surface area contributed by atoms with Crippen molar-refractivity contribution in [2.45, 2.75) is 39.6 Å². The van der Waals surface area contributed by atoms with E-state index >= 15 is 0 Å². The van der Waals surface area contributed by atoms with Crippen LogP contribution >= 0.6 is 0 Å². The summed E-state index contributed by atoms with van der Waals surface area (Å²) < 4.78 is 13.0. The Morgan fingerprint density at radius 2 is 2.33 bits per heavy atom. The second-order valence-electron chi connectivity index (χ2n) is 4.28. The molecule has 1 atom stereocenters. The van der Waals surface area contributed by atoms with Gasteiger partial charge in [-0.3, -0.25) is 0 Å². The van der Waals surface area contributed by atoms with Gasteiger partial charge in [-0.25, -0.2) is 4.98 Å². The summed E-state index contributed by atoms with van der Waals surface area (Å²) in [5, 5.41) is 8.89. The SMILES string of the molecule is CCOC(C)OC(C)(C)/C(=C/C#N)n1ccnc1. The molecule has 0 aliphatic heterocycles. The zero-order valence-electron chi connectivity index (χ0n) is 11.3. The van der Waals surface area contributed by atoms with Crippen LogP contribution < -0.4 is 0 Å². The highest BCUT2D eigenvalue weighted by atomic mass is 16.7. The summed E-state index contributed by atoms with van der Waals surface area (Å²) >= 11 is 0. The molecule has 0 amide bonds. The van der Waals surface area contributed by atoms with Gasteiger partial charge in [-0.15, -0.1) is 0 Å². The van der Waals surface area contributed by atoms with E-state index in [1.807, 2.05) is 33.8 Å². The van der Waals surface area contributed by atoms with E-state index in [1.165, 1.54) is 6.08 Å². The maximum Gasteiger partial charge on any atom is 0.156 e. The molecule has 1 rings (SSSR count). The van der Waals surface area contributed by atoms with Gasteiger partial charge in [0, 0.05) is 25.1 Å². The van der Waals surface area contributed by atoms with E-state index in [1.54, 1.807) is 23.3 Å². The largest absolute Gasteiger partial charge is 0.353 e. The van der Waals surface area contributed by atoms with Gasteiger partial charge < -0.3 is 14.0 Å². The predicted molar refractivity (Wildman–Crippen MR) is 68.4 cm³/mol. The lowest BCUT2D eigenvalue weighted by Crippen LogP contribution is -2.34. The fourth-order valence-corrected chi connectivity index (χ4v) is 1.77. The predicted octanol–water partition coefficient (Wildman–Crippen LogP) is 2.43. The van der Waals surface area contributed by atoms with E-state index in [9.17, 15) is 0 Å². The molecule has 0 bridgehead atoms. The van der Waals surface area contributed by atoms with E-state index < -0.39 is 5.60 Å². The first-order valence-corrected chi connectivity index (χ1v) is 5.89. The molecule has 0 saturated carbocycles. The van der Waals surface area contributed by atoms with Crippen LogP contribution in [0.2, 0.25) is 0 Å². The molecule has 0 N–H and O–H groups in total. The van der Waals surface area contributed by atoms with Gasteiger partial charge in [-0.1, -0.05) is 0 Å². The van der Waals surface area contributed by atoms with Gasteiger partial charge in [-0.2, -0.15) is 5.26 Å². The lowest BCUT2D eigenvalue weighted by Gasteiger charge is -2.31. The molecule has 1 unspecified atom stereocenters. The summed E-state index contributed by atoms with van der Waals surface area (Å²) in [7, 11) is 0. The van der Waals surface area contributed by atoms with Gasteiger partial charge in [0.25, 0.3) is 0 Å². The Balaban J connectivity index is 2.92. The highest BCUT2D eigenvalue weighted by Gasteiger charge is 2.28. The van der Waals surface area contributed by atoms with E-state index in [0.717, 1.165) is 0 Å². The Morgan fingerprint density at radius 1 is 1.61 bits per heavy atom. The molecular weight excluding hydrogens is 230 g/mol. The van der Waals surface area contributed by atoms with E-state index in [-0.39, 0.29) is 6.29 Å². The quantitative estimate of drug-likeness (QED) is 0.574. The molecule has 1 aromatic heterocycles. The van der Waals surface area contributed by atoms with Crippen LogP contribution in [0.15, 0.2) is 24.8 Å². The number of imidazole rings is 1. The first-order chi connectivity index (χ1) is 8.51. The van der Waals surface area contributed by atoms with Crippen LogP contribution in [0, 0.1) is 11.3 Å². The number of hydrogen-bond donors (Lipinski definition) is 0. The maximum atomic E-state index is 8.89. The van der Waals surface area contributed by atoms with Gasteiger partial charge in [0.2, 0.25) is 0 Å². The molecule has 0 aromatic carbocycles. The Labute approximate surface area is 108 Å². The van der Waals surface area contributed by atoms with Gasteiger partial charge in [0.05, 0.1) is 18.1 Å². The summed E-state index contributed by atoms with van der Waals surface area (Å²) in [6.45, 7) is 8.12. The van der Waals surface area contributed by atoms with E-state index in [2.05, 4.69) is 4.98 Å². The topological polar surface area (TPSA) is 60.1 Å². The summed E-state index contributed by atoms with van der Waals surface area (Å²) in [5.74, 6) is 0. The van der Waals surface area contributed by atoms with Crippen LogP contribution in [0.5, 0.6) is 0 Å². The number of allylic oxidation sites excluding steroid dienone is 1. The van der Waals surface area contributed by atoms with Gasteiger partial charge >= 0.3 is 0 Å². The summed E-state index contributed by atoms with van der Waals surface area (Å²) in [6.07, 6.45) is 6.20. The second-order valence-corrected chi connectivity index (χ2v) is 4.28. The fourth-order valence-electron chi connectivity index (χ4n) is 1.77. The molecule has 0 spiro atoms. The van der Waals surface area contributed by atoms with Crippen molar-refractivity contribution in [3.8, 4) is 6.07 Å². The molecule has 0 aliphatic rings.